The molecule has 0 aromatic carbocycles. The highest BCUT2D eigenvalue weighted by atomic mass is 31.2. The van der Waals surface area contributed by atoms with Crippen LogP contribution in [-0.2, 0) is 32.7 Å². The first kappa shape index (κ1) is 56.6. The van der Waals surface area contributed by atoms with Gasteiger partial charge in [0.1, 0.15) is 43.2 Å². The fourth-order valence-electron chi connectivity index (χ4n) is 7.46. The van der Waals surface area contributed by atoms with Gasteiger partial charge in [0.05, 0.1) is 6.61 Å². The molecule has 14 heteroatoms. The standard InChI is InChI=1S/C46H87O13P/c1-3-5-7-9-11-13-15-17-19-21-22-24-26-28-30-32-34-39(47)56-36-38(37-57-60(54,55)59-46-44(52)42(50)41(49)43(51)45(46)53)58-40(48)35-33-31-29-27-25-23-20-18-16-14-12-10-8-6-4-2/h25,27,38,41-46,49-53H,3-24,26,28-37H2,1-2H3,(H,54,55)/b27-25+/t38-,41?,42-,43?,44?,45?,46?/m0/s1. The third-order valence-corrected chi connectivity index (χ3v) is 12.3. The monoisotopic (exact) mass is 879 g/mol. The first-order valence-electron chi connectivity index (χ1n) is 24.0. The molecule has 0 amide bonds. The summed E-state index contributed by atoms with van der Waals surface area (Å²) >= 11 is 0. The van der Waals surface area contributed by atoms with Gasteiger partial charge in [0.2, 0.25) is 0 Å². The Morgan fingerprint density at radius 1 is 0.500 bits per heavy atom. The van der Waals surface area contributed by atoms with Gasteiger partial charge in [0, 0.05) is 12.8 Å². The average molecular weight is 879 g/mol. The van der Waals surface area contributed by atoms with E-state index in [1.54, 1.807) is 0 Å². The number of hydrogen-bond donors (Lipinski definition) is 6. The van der Waals surface area contributed by atoms with E-state index in [0.29, 0.717) is 12.8 Å². The van der Waals surface area contributed by atoms with Gasteiger partial charge in [-0.25, -0.2) is 4.57 Å². The number of rotatable bonds is 40. The Kier molecular flexibility index (Phi) is 34.9. The minimum Gasteiger partial charge on any atom is -0.462 e. The van der Waals surface area contributed by atoms with Crippen LogP contribution < -0.4 is 0 Å². The van der Waals surface area contributed by atoms with E-state index in [1.807, 2.05) is 0 Å². The third kappa shape index (κ3) is 29.0. The summed E-state index contributed by atoms with van der Waals surface area (Å²) in [6.07, 6.45) is 25.5. The fraction of sp³-hybridized carbons (Fsp3) is 0.913. The first-order valence-corrected chi connectivity index (χ1v) is 25.5. The summed E-state index contributed by atoms with van der Waals surface area (Å²) in [5.41, 5.74) is 0. The molecule has 0 radical (unpaired) electrons. The molecule has 1 saturated carbocycles. The van der Waals surface area contributed by atoms with E-state index in [1.165, 1.54) is 135 Å². The fourth-order valence-corrected chi connectivity index (χ4v) is 8.43. The molecule has 6 unspecified atom stereocenters. The number of hydrogen-bond acceptors (Lipinski definition) is 12. The normalized spacial score (nSPS) is 22.2. The lowest BCUT2D eigenvalue weighted by Crippen LogP contribution is -2.64. The molecule has 60 heavy (non-hydrogen) atoms. The van der Waals surface area contributed by atoms with Crippen LogP contribution in [0.25, 0.3) is 0 Å². The zero-order chi connectivity index (χ0) is 44.3. The number of carbonyl (C=O) groups excluding carboxylic acids is 2. The number of unbranched alkanes of at least 4 members (excludes halogenated alkanes) is 26. The number of carbonyl (C=O) groups is 2. The van der Waals surface area contributed by atoms with E-state index in [-0.39, 0.29) is 12.8 Å². The van der Waals surface area contributed by atoms with Crippen LogP contribution in [0.2, 0.25) is 0 Å². The Balaban J connectivity index is 2.44. The van der Waals surface area contributed by atoms with Crippen molar-refractivity contribution in [1.82, 2.24) is 0 Å². The van der Waals surface area contributed by atoms with E-state index >= 15 is 0 Å². The van der Waals surface area contributed by atoms with Gasteiger partial charge in [-0.3, -0.25) is 18.6 Å². The lowest BCUT2D eigenvalue weighted by molar-refractivity contribution is -0.220. The Bertz CT molecular complexity index is 1110. The van der Waals surface area contributed by atoms with Gasteiger partial charge >= 0.3 is 19.8 Å². The zero-order valence-corrected chi connectivity index (χ0v) is 38.4. The molecular weight excluding hydrogens is 791 g/mol. The molecule has 8 atom stereocenters. The maximum absolute atomic E-state index is 12.8. The van der Waals surface area contributed by atoms with E-state index in [4.69, 9.17) is 18.5 Å². The molecule has 1 aliphatic carbocycles. The van der Waals surface area contributed by atoms with Crippen molar-refractivity contribution in [3.8, 4) is 0 Å². The second-order valence-electron chi connectivity index (χ2n) is 17.0. The number of phosphoric ester groups is 1. The molecule has 0 spiro atoms. The van der Waals surface area contributed by atoms with Crippen LogP contribution in [0.1, 0.15) is 213 Å². The number of aliphatic hydroxyl groups excluding tert-OH is 5. The quantitative estimate of drug-likeness (QED) is 0.0147. The number of allylic oxidation sites excluding steroid dienone is 2. The van der Waals surface area contributed by atoms with Gasteiger partial charge in [-0.15, -0.1) is 0 Å². The van der Waals surface area contributed by atoms with Gasteiger partial charge < -0.3 is 39.9 Å². The van der Waals surface area contributed by atoms with Gasteiger partial charge in [-0.2, -0.15) is 0 Å². The van der Waals surface area contributed by atoms with Crippen molar-refractivity contribution < 1.29 is 63.1 Å². The molecule has 13 nitrogen and oxygen atoms in total. The van der Waals surface area contributed by atoms with Crippen molar-refractivity contribution in [2.24, 2.45) is 0 Å². The summed E-state index contributed by atoms with van der Waals surface area (Å²) in [6, 6.07) is 0. The van der Waals surface area contributed by atoms with Crippen molar-refractivity contribution in [1.29, 1.82) is 0 Å². The highest BCUT2D eigenvalue weighted by Gasteiger charge is 2.51. The van der Waals surface area contributed by atoms with Crippen molar-refractivity contribution in [3.63, 3.8) is 0 Å². The first-order chi connectivity index (χ1) is 28.9. The van der Waals surface area contributed by atoms with E-state index < -0.39 is 75.7 Å². The third-order valence-electron chi connectivity index (χ3n) is 11.4. The number of esters is 2. The molecule has 0 heterocycles. The maximum Gasteiger partial charge on any atom is 0.472 e. The average Bonchev–Trinajstić information content (AvgIpc) is 3.23. The lowest BCUT2D eigenvalue weighted by atomic mass is 9.85. The Labute approximate surface area is 363 Å². The van der Waals surface area contributed by atoms with Gasteiger partial charge in [0.15, 0.2) is 6.10 Å². The second-order valence-corrected chi connectivity index (χ2v) is 18.4. The summed E-state index contributed by atoms with van der Waals surface area (Å²) in [7, 11) is -5.12. The molecule has 354 valence electrons. The van der Waals surface area contributed by atoms with Crippen molar-refractivity contribution in [2.75, 3.05) is 13.2 Å². The SMILES string of the molecule is CCCCCCCCCCC/C=C/CCCCC(=O)O[C@@H](COC(=O)CCCCCCCCCCCCCCCCCC)COP(=O)(O)OC1C(O)C(O)C(O)[C@H](O)C1O. The highest BCUT2D eigenvalue weighted by molar-refractivity contribution is 7.47. The molecule has 0 aromatic rings. The second kappa shape index (κ2) is 37.0. The van der Waals surface area contributed by atoms with Crippen LogP contribution in [0.5, 0.6) is 0 Å². The summed E-state index contributed by atoms with van der Waals surface area (Å²) < 4.78 is 33.5. The van der Waals surface area contributed by atoms with E-state index in [0.717, 1.165) is 38.5 Å². The molecular formula is C46H87O13P. The molecule has 6 N–H and O–H groups in total. The summed E-state index contributed by atoms with van der Waals surface area (Å²) in [5.74, 6) is -1.11. The van der Waals surface area contributed by atoms with Gasteiger partial charge in [-0.1, -0.05) is 174 Å². The Morgan fingerprint density at radius 3 is 1.30 bits per heavy atom. The predicted molar refractivity (Wildman–Crippen MR) is 235 cm³/mol. The van der Waals surface area contributed by atoms with E-state index in [2.05, 4.69) is 26.0 Å². The smallest absolute Gasteiger partial charge is 0.462 e. The summed E-state index contributed by atoms with van der Waals surface area (Å²) in [5, 5.41) is 50.1. The number of phosphoric acid groups is 1. The number of ether oxygens (including phenoxy) is 2. The van der Waals surface area contributed by atoms with E-state index in [9.17, 15) is 44.6 Å². The van der Waals surface area contributed by atoms with Crippen LogP contribution in [0.4, 0.5) is 0 Å². The Morgan fingerprint density at radius 2 is 0.850 bits per heavy atom. The maximum atomic E-state index is 12.8. The summed E-state index contributed by atoms with van der Waals surface area (Å²) in [4.78, 5) is 35.7. The minimum absolute atomic E-state index is 0.0710. The van der Waals surface area contributed by atoms with Crippen LogP contribution in [-0.4, -0.2) is 98.3 Å². The lowest BCUT2D eigenvalue weighted by Gasteiger charge is -2.41. The minimum atomic E-state index is -5.12. The molecule has 1 aliphatic rings. The topological polar surface area (TPSA) is 210 Å². The van der Waals surface area contributed by atoms with Gasteiger partial charge in [-0.05, 0) is 38.5 Å². The molecule has 0 aliphatic heterocycles. The van der Waals surface area contributed by atoms with Crippen LogP contribution in [0, 0.1) is 0 Å². The molecule has 1 fully saturated rings. The largest absolute Gasteiger partial charge is 0.472 e. The zero-order valence-electron chi connectivity index (χ0n) is 37.5. The molecule has 0 saturated heterocycles. The van der Waals surface area contributed by atoms with Crippen molar-refractivity contribution >= 4 is 19.8 Å². The highest BCUT2D eigenvalue weighted by Crippen LogP contribution is 2.47. The Hall–Kier alpha value is -1.41. The van der Waals surface area contributed by atoms with Crippen LogP contribution in [0.15, 0.2) is 12.2 Å². The number of aliphatic hydroxyl groups is 5. The van der Waals surface area contributed by atoms with Crippen molar-refractivity contribution in [3.05, 3.63) is 12.2 Å². The summed E-state index contributed by atoms with van der Waals surface area (Å²) in [6.45, 7) is 3.30. The molecule has 0 bridgehead atoms. The van der Waals surface area contributed by atoms with Crippen molar-refractivity contribution in [2.45, 2.75) is 256 Å². The molecule has 1 rings (SSSR count). The van der Waals surface area contributed by atoms with Crippen LogP contribution >= 0.6 is 7.82 Å². The van der Waals surface area contributed by atoms with Gasteiger partial charge in [0.25, 0.3) is 0 Å². The molecule has 0 aromatic heterocycles. The predicted octanol–water partition coefficient (Wildman–Crippen LogP) is 9.45. The van der Waals surface area contributed by atoms with Crippen LogP contribution in [0.3, 0.4) is 0 Å².